The molecule has 0 aliphatic heterocycles. The maximum Gasteiger partial charge on any atom is 0.162 e. The quantitative estimate of drug-likeness (QED) is 0.777. The van der Waals surface area contributed by atoms with Crippen LogP contribution in [0.1, 0.15) is 25.3 Å². The highest BCUT2D eigenvalue weighted by molar-refractivity contribution is 9.10. The third kappa shape index (κ3) is 3.14. The van der Waals surface area contributed by atoms with Crippen LogP contribution in [0.15, 0.2) is 16.6 Å². The molecule has 0 bridgehead atoms. The molecule has 1 aromatic carbocycles. The van der Waals surface area contributed by atoms with Crippen molar-refractivity contribution in [3.8, 4) is 17.6 Å². The lowest BCUT2D eigenvalue weighted by atomic mass is 10.2. The topological polar surface area (TPSA) is 42.2 Å². The molecular weight excluding hydrogens is 270 g/mol. The molecule has 0 saturated carbocycles. The third-order valence-corrected chi connectivity index (χ3v) is 2.79. The Hall–Kier alpha value is -1.21. The molecule has 16 heavy (non-hydrogen) atoms. The molecule has 0 unspecified atom stereocenters. The zero-order valence-corrected chi connectivity index (χ0v) is 11.0. The van der Waals surface area contributed by atoms with E-state index >= 15 is 0 Å². The number of halogens is 1. The first-order valence-electron chi connectivity index (χ1n) is 5.13. The molecule has 0 spiro atoms. The Balaban J connectivity index is 2.91. The lowest BCUT2D eigenvalue weighted by molar-refractivity contribution is 0.288. The Morgan fingerprint density at radius 1 is 1.38 bits per heavy atom. The van der Waals surface area contributed by atoms with Crippen molar-refractivity contribution in [1.29, 1.82) is 5.26 Å². The van der Waals surface area contributed by atoms with Crippen LogP contribution in [0.5, 0.6) is 11.5 Å². The second-order valence-electron chi connectivity index (χ2n) is 3.30. The fourth-order valence-corrected chi connectivity index (χ4v) is 1.63. The number of unbranched alkanes of at least 4 members (excludes halogenated alkanes) is 1. The molecule has 4 heteroatoms. The molecule has 0 atom stereocenters. The maximum atomic E-state index is 8.87. The van der Waals surface area contributed by atoms with Crippen molar-refractivity contribution < 1.29 is 9.47 Å². The van der Waals surface area contributed by atoms with E-state index in [1.54, 1.807) is 19.2 Å². The highest BCUT2D eigenvalue weighted by Crippen LogP contribution is 2.33. The number of rotatable bonds is 5. The SMILES string of the molecule is CCCCOc1cc(Br)c(C#N)cc1OC. The van der Waals surface area contributed by atoms with Crippen LogP contribution >= 0.6 is 15.9 Å². The Morgan fingerprint density at radius 3 is 2.69 bits per heavy atom. The zero-order valence-electron chi connectivity index (χ0n) is 9.42. The van der Waals surface area contributed by atoms with Crippen molar-refractivity contribution >= 4 is 15.9 Å². The second-order valence-corrected chi connectivity index (χ2v) is 4.15. The predicted molar refractivity (Wildman–Crippen MR) is 65.8 cm³/mol. The third-order valence-electron chi connectivity index (χ3n) is 2.13. The lowest BCUT2D eigenvalue weighted by Gasteiger charge is -2.11. The van der Waals surface area contributed by atoms with Crippen LogP contribution < -0.4 is 9.47 Å². The van der Waals surface area contributed by atoms with Crippen molar-refractivity contribution in [3.63, 3.8) is 0 Å². The summed E-state index contributed by atoms with van der Waals surface area (Å²) in [4.78, 5) is 0. The number of methoxy groups -OCH3 is 1. The van der Waals surface area contributed by atoms with Crippen molar-refractivity contribution in [3.05, 3.63) is 22.2 Å². The lowest BCUT2D eigenvalue weighted by Crippen LogP contribution is -1.99. The van der Waals surface area contributed by atoms with Gasteiger partial charge in [-0.1, -0.05) is 13.3 Å². The van der Waals surface area contributed by atoms with Gasteiger partial charge in [-0.3, -0.25) is 0 Å². The monoisotopic (exact) mass is 283 g/mol. The summed E-state index contributed by atoms with van der Waals surface area (Å²) in [7, 11) is 1.57. The molecule has 1 aromatic rings. The van der Waals surface area contributed by atoms with Crippen LogP contribution in [-0.4, -0.2) is 13.7 Å². The van der Waals surface area contributed by atoms with Gasteiger partial charge in [0.2, 0.25) is 0 Å². The molecule has 0 aliphatic rings. The number of benzene rings is 1. The van der Waals surface area contributed by atoms with Gasteiger partial charge in [-0.05, 0) is 28.4 Å². The molecule has 0 heterocycles. The Kier molecular flexibility index (Phi) is 5.13. The molecule has 0 fully saturated rings. The molecule has 0 amide bonds. The highest BCUT2D eigenvalue weighted by atomic mass is 79.9. The minimum absolute atomic E-state index is 0.541. The van der Waals surface area contributed by atoms with E-state index in [4.69, 9.17) is 14.7 Å². The first kappa shape index (κ1) is 12.9. The van der Waals surface area contributed by atoms with Crippen LogP contribution in [-0.2, 0) is 0 Å². The first-order valence-corrected chi connectivity index (χ1v) is 5.92. The molecule has 0 radical (unpaired) electrons. The van der Waals surface area contributed by atoms with Gasteiger partial charge in [0.1, 0.15) is 6.07 Å². The predicted octanol–water partition coefficient (Wildman–Crippen LogP) is 3.51. The summed E-state index contributed by atoms with van der Waals surface area (Å²) >= 11 is 3.32. The first-order chi connectivity index (χ1) is 7.72. The molecule has 86 valence electrons. The Labute approximate surface area is 104 Å². The fraction of sp³-hybridized carbons (Fsp3) is 0.417. The summed E-state index contributed by atoms with van der Waals surface area (Å²) in [6.07, 6.45) is 2.08. The highest BCUT2D eigenvalue weighted by Gasteiger charge is 2.09. The number of nitrogens with zero attached hydrogens (tertiary/aromatic N) is 1. The molecule has 0 aromatic heterocycles. The average Bonchev–Trinajstić information content (AvgIpc) is 2.30. The van der Waals surface area contributed by atoms with Crippen molar-refractivity contribution in [2.24, 2.45) is 0 Å². The molecule has 3 nitrogen and oxygen atoms in total. The normalized spacial score (nSPS) is 9.62. The summed E-state index contributed by atoms with van der Waals surface area (Å²) < 4.78 is 11.5. The molecule has 0 saturated heterocycles. The van der Waals surface area contributed by atoms with E-state index in [1.165, 1.54) is 0 Å². The van der Waals surface area contributed by atoms with Crippen LogP contribution in [0.3, 0.4) is 0 Å². The van der Waals surface area contributed by atoms with E-state index < -0.39 is 0 Å². The summed E-state index contributed by atoms with van der Waals surface area (Å²) in [5.41, 5.74) is 0.541. The Bertz CT molecular complexity index is 399. The Morgan fingerprint density at radius 2 is 2.12 bits per heavy atom. The fourth-order valence-electron chi connectivity index (χ4n) is 1.22. The van der Waals surface area contributed by atoms with Crippen LogP contribution in [0.2, 0.25) is 0 Å². The van der Waals surface area contributed by atoms with Gasteiger partial charge in [-0.2, -0.15) is 5.26 Å². The molecule has 1 rings (SSSR count). The number of ether oxygens (including phenoxy) is 2. The minimum atomic E-state index is 0.541. The van der Waals surface area contributed by atoms with Gasteiger partial charge in [-0.25, -0.2) is 0 Å². The minimum Gasteiger partial charge on any atom is -0.493 e. The summed E-state index contributed by atoms with van der Waals surface area (Å²) in [5.74, 6) is 1.26. The van der Waals surface area contributed by atoms with Gasteiger partial charge < -0.3 is 9.47 Å². The standard InChI is InChI=1S/C12H14BrNO2/c1-3-4-5-16-12-7-10(13)9(8-14)6-11(12)15-2/h6-7H,3-5H2,1-2H3. The smallest absolute Gasteiger partial charge is 0.162 e. The van der Waals surface area contributed by atoms with Crippen molar-refractivity contribution in [2.45, 2.75) is 19.8 Å². The molecular formula is C12H14BrNO2. The van der Waals surface area contributed by atoms with Crippen molar-refractivity contribution in [2.75, 3.05) is 13.7 Å². The second kappa shape index (κ2) is 6.39. The van der Waals surface area contributed by atoms with E-state index in [2.05, 4.69) is 28.9 Å². The van der Waals surface area contributed by atoms with Gasteiger partial charge in [-0.15, -0.1) is 0 Å². The van der Waals surface area contributed by atoms with E-state index in [9.17, 15) is 0 Å². The summed E-state index contributed by atoms with van der Waals surface area (Å²) in [6, 6.07) is 5.52. The number of hydrogen-bond donors (Lipinski definition) is 0. The van der Waals surface area contributed by atoms with Gasteiger partial charge in [0.15, 0.2) is 11.5 Å². The molecule has 0 aliphatic carbocycles. The maximum absolute atomic E-state index is 8.87. The number of nitriles is 1. The largest absolute Gasteiger partial charge is 0.493 e. The van der Waals surface area contributed by atoms with Crippen LogP contribution in [0.4, 0.5) is 0 Å². The zero-order chi connectivity index (χ0) is 12.0. The van der Waals surface area contributed by atoms with E-state index in [1.807, 2.05) is 0 Å². The van der Waals surface area contributed by atoms with E-state index in [0.717, 1.165) is 17.3 Å². The van der Waals surface area contributed by atoms with Crippen LogP contribution in [0, 0.1) is 11.3 Å². The van der Waals surface area contributed by atoms with Gasteiger partial charge >= 0.3 is 0 Å². The van der Waals surface area contributed by atoms with Crippen LogP contribution in [0.25, 0.3) is 0 Å². The van der Waals surface area contributed by atoms with E-state index in [-0.39, 0.29) is 0 Å². The van der Waals surface area contributed by atoms with Gasteiger partial charge in [0.25, 0.3) is 0 Å². The van der Waals surface area contributed by atoms with Gasteiger partial charge in [0.05, 0.1) is 19.3 Å². The summed E-state index contributed by atoms with van der Waals surface area (Å²) in [6.45, 7) is 2.76. The molecule has 0 N–H and O–H groups in total. The number of hydrogen-bond acceptors (Lipinski definition) is 3. The summed E-state index contributed by atoms with van der Waals surface area (Å²) in [5, 5.41) is 8.87. The van der Waals surface area contributed by atoms with Gasteiger partial charge in [0, 0.05) is 10.5 Å². The van der Waals surface area contributed by atoms with E-state index in [0.29, 0.717) is 23.7 Å². The average molecular weight is 284 g/mol. The van der Waals surface area contributed by atoms with Crippen molar-refractivity contribution in [1.82, 2.24) is 0 Å².